The first-order valence-electron chi connectivity index (χ1n) is 4.14. The van der Waals surface area contributed by atoms with Gasteiger partial charge in [0.1, 0.15) is 17.1 Å². The van der Waals surface area contributed by atoms with E-state index in [-0.39, 0.29) is 0 Å². The number of benzene rings is 1. The molecule has 1 aromatic carbocycles. The Balaban J connectivity index is 3.36. The fraction of sp³-hybridized carbons (Fsp3) is 0.333. The van der Waals surface area contributed by atoms with Gasteiger partial charge in [-0.05, 0) is 19.1 Å². The largest absolute Gasteiger partial charge is 0.573 e. The fourth-order valence-electron chi connectivity index (χ4n) is 1.22. The van der Waals surface area contributed by atoms with Gasteiger partial charge in [0, 0.05) is 5.56 Å². The van der Waals surface area contributed by atoms with Crippen molar-refractivity contribution in [3.8, 4) is 5.75 Å². The minimum Gasteiger partial charge on any atom is -0.405 e. The van der Waals surface area contributed by atoms with Crippen molar-refractivity contribution in [2.24, 2.45) is 0 Å². The van der Waals surface area contributed by atoms with Gasteiger partial charge in [0.25, 0.3) is 0 Å². The number of halogens is 7. The quantitative estimate of drug-likeness (QED) is 0.694. The van der Waals surface area contributed by atoms with Crippen molar-refractivity contribution >= 4 is 0 Å². The van der Waals surface area contributed by atoms with Gasteiger partial charge >= 0.3 is 12.5 Å². The molecule has 0 fully saturated rings. The van der Waals surface area contributed by atoms with Crippen LogP contribution in [-0.2, 0) is 6.18 Å². The minimum absolute atomic E-state index is 0.290. The van der Waals surface area contributed by atoms with Crippen molar-refractivity contribution in [1.29, 1.82) is 0 Å². The van der Waals surface area contributed by atoms with Gasteiger partial charge in [-0.3, -0.25) is 0 Å². The molecule has 0 amide bonds. The van der Waals surface area contributed by atoms with Gasteiger partial charge in [-0.25, -0.2) is 4.39 Å². The van der Waals surface area contributed by atoms with Crippen LogP contribution in [-0.4, -0.2) is 6.36 Å². The van der Waals surface area contributed by atoms with E-state index in [1.165, 1.54) is 0 Å². The summed E-state index contributed by atoms with van der Waals surface area (Å²) >= 11 is 0. The Morgan fingerprint density at radius 3 is 1.94 bits per heavy atom. The summed E-state index contributed by atoms with van der Waals surface area (Å²) in [6.45, 7) is 0.724. The highest BCUT2D eigenvalue weighted by atomic mass is 19.4. The molecule has 0 heterocycles. The molecule has 0 radical (unpaired) electrons. The van der Waals surface area contributed by atoms with E-state index < -0.39 is 35.2 Å². The van der Waals surface area contributed by atoms with Crippen LogP contribution in [0.2, 0.25) is 0 Å². The molecule has 1 rings (SSSR count). The van der Waals surface area contributed by atoms with Gasteiger partial charge in [0.2, 0.25) is 0 Å². The zero-order chi connectivity index (χ0) is 13.4. The summed E-state index contributed by atoms with van der Waals surface area (Å²) in [7, 11) is 0. The number of rotatable bonds is 1. The number of ether oxygens (including phenoxy) is 1. The van der Waals surface area contributed by atoms with Crippen LogP contribution < -0.4 is 4.74 Å². The summed E-state index contributed by atoms with van der Waals surface area (Å²) in [6, 6.07) is 0.768. The van der Waals surface area contributed by atoms with Crippen LogP contribution in [0.4, 0.5) is 30.7 Å². The predicted molar refractivity (Wildman–Crippen MR) is 42.8 cm³/mol. The molecule has 0 saturated heterocycles. The summed E-state index contributed by atoms with van der Waals surface area (Å²) < 4.78 is 89.0. The third-order valence-electron chi connectivity index (χ3n) is 1.87. The van der Waals surface area contributed by atoms with Crippen molar-refractivity contribution < 1.29 is 35.5 Å². The van der Waals surface area contributed by atoms with E-state index in [1.54, 1.807) is 0 Å². The van der Waals surface area contributed by atoms with Crippen LogP contribution in [0.1, 0.15) is 11.1 Å². The number of hydrogen-bond donors (Lipinski definition) is 0. The summed E-state index contributed by atoms with van der Waals surface area (Å²) in [5.74, 6) is -2.73. The molecule has 1 aromatic rings. The molecule has 0 aliphatic heterocycles. The summed E-state index contributed by atoms with van der Waals surface area (Å²) in [5, 5.41) is 0. The monoisotopic (exact) mass is 262 g/mol. The second-order valence-corrected chi connectivity index (χ2v) is 3.09. The summed E-state index contributed by atoms with van der Waals surface area (Å²) in [6.07, 6.45) is -10.4. The topological polar surface area (TPSA) is 9.23 Å². The molecule has 0 N–H and O–H groups in total. The lowest BCUT2D eigenvalue weighted by Gasteiger charge is -2.17. The zero-order valence-corrected chi connectivity index (χ0v) is 8.21. The van der Waals surface area contributed by atoms with Crippen molar-refractivity contribution in [3.05, 3.63) is 29.1 Å². The lowest BCUT2D eigenvalue weighted by Crippen LogP contribution is -2.21. The van der Waals surface area contributed by atoms with E-state index in [1.807, 2.05) is 0 Å². The van der Waals surface area contributed by atoms with Gasteiger partial charge in [0.15, 0.2) is 0 Å². The first-order valence-corrected chi connectivity index (χ1v) is 4.14. The zero-order valence-electron chi connectivity index (χ0n) is 8.21. The highest BCUT2D eigenvalue weighted by Gasteiger charge is 2.41. The average Bonchev–Trinajstić information content (AvgIpc) is 2.06. The molecule has 1 nitrogen and oxygen atoms in total. The standard InChI is InChI=1S/C9H5F7O/c1-4-5(10)2-3-6(17-9(14,15)16)7(4)8(11,12)13/h2-3H,1H3. The van der Waals surface area contributed by atoms with Crippen LogP contribution in [0.3, 0.4) is 0 Å². The normalized spacial score (nSPS) is 12.7. The van der Waals surface area contributed by atoms with Gasteiger partial charge in [-0.1, -0.05) is 0 Å². The molecular weight excluding hydrogens is 257 g/mol. The maximum Gasteiger partial charge on any atom is 0.573 e. The molecule has 0 aromatic heterocycles. The first kappa shape index (κ1) is 13.6. The van der Waals surface area contributed by atoms with E-state index in [9.17, 15) is 30.7 Å². The Morgan fingerprint density at radius 2 is 1.53 bits per heavy atom. The van der Waals surface area contributed by atoms with Gasteiger partial charge in [-0.15, -0.1) is 13.2 Å². The van der Waals surface area contributed by atoms with Crippen molar-refractivity contribution in [3.63, 3.8) is 0 Å². The lowest BCUT2D eigenvalue weighted by molar-refractivity contribution is -0.276. The third-order valence-corrected chi connectivity index (χ3v) is 1.87. The maximum absolute atomic E-state index is 12.9. The Bertz CT molecular complexity index is 419. The highest BCUT2D eigenvalue weighted by Crippen LogP contribution is 2.41. The molecule has 0 atom stereocenters. The minimum atomic E-state index is -5.27. The van der Waals surface area contributed by atoms with Gasteiger partial charge < -0.3 is 4.74 Å². The molecule has 0 bridgehead atoms. The predicted octanol–water partition coefficient (Wildman–Crippen LogP) is 4.05. The summed E-state index contributed by atoms with van der Waals surface area (Å²) in [4.78, 5) is 0. The van der Waals surface area contributed by atoms with Crippen molar-refractivity contribution in [1.82, 2.24) is 0 Å². The van der Waals surface area contributed by atoms with E-state index in [4.69, 9.17) is 0 Å². The van der Waals surface area contributed by atoms with E-state index in [0.717, 1.165) is 6.92 Å². The number of hydrogen-bond acceptors (Lipinski definition) is 1. The van der Waals surface area contributed by atoms with Gasteiger partial charge in [-0.2, -0.15) is 13.2 Å². The van der Waals surface area contributed by atoms with Gasteiger partial charge in [0.05, 0.1) is 0 Å². The Morgan fingerprint density at radius 1 is 1.00 bits per heavy atom. The van der Waals surface area contributed by atoms with Crippen LogP contribution in [0.25, 0.3) is 0 Å². The molecule has 0 unspecified atom stereocenters. The molecule has 17 heavy (non-hydrogen) atoms. The average molecular weight is 262 g/mol. The smallest absolute Gasteiger partial charge is 0.405 e. The maximum atomic E-state index is 12.9. The highest BCUT2D eigenvalue weighted by molar-refractivity contribution is 5.42. The molecule has 0 saturated carbocycles. The Kier molecular flexibility index (Phi) is 3.26. The van der Waals surface area contributed by atoms with Crippen molar-refractivity contribution in [2.75, 3.05) is 0 Å². The van der Waals surface area contributed by atoms with Crippen LogP contribution in [0.15, 0.2) is 12.1 Å². The van der Waals surface area contributed by atoms with Crippen LogP contribution in [0, 0.1) is 12.7 Å². The Hall–Kier alpha value is -1.47. The second kappa shape index (κ2) is 4.08. The Labute approximate surface area is 90.8 Å². The van der Waals surface area contributed by atoms with Crippen molar-refractivity contribution in [2.45, 2.75) is 19.5 Å². The summed E-state index contributed by atoms with van der Waals surface area (Å²) in [5.41, 5.74) is -2.71. The first-order chi connectivity index (χ1) is 7.52. The second-order valence-electron chi connectivity index (χ2n) is 3.09. The third kappa shape index (κ3) is 3.24. The molecular formula is C9H5F7O. The van der Waals surface area contributed by atoms with Crippen LogP contribution >= 0.6 is 0 Å². The molecule has 8 heteroatoms. The molecule has 0 aliphatic carbocycles. The molecule has 0 spiro atoms. The lowest BCUT2D eigenvalue weighted by atomic mass is 10.1. The fourth-order valence-corrected chi connectivity index (χ4v) is 1.22. The van der Waals surface area contributed by atoms with E-state index in [2.05, 4.69) is 4.74 Å². The van der Waals surface area contributed by atoms with E-state index >= 15 is 0 Å². The van der Waals surface area contributed by atoms with E-state index in [0.29, 0.717) is 12.1 Å². The van der Waals surface area contributed by atoms with Crippen LogP contribution in [0.5, 0.6) is 5.75 Å². The number of alkyl halides is 6. The molecule has 96 valence electrons. The molecule has 0 aliphatic rings. The SMILES string of the molecule is Cc1c(F)ccc(OC(F)(F)F)c1C(F)(F)F.